The summed E-state index contributed by atoms with van der Waals surface area (Å²) in [5.74, 6) is 0.241. The van der Waals surface area contributed by atoms with E-state index in [4.69, 9.17) is 10.2 Å². The number of carbonyl (C=O) groups is 2. The zero-order valence-electron chi connectivity index (χ0n) is 20.9. The minimum atomic E-state index is 0. The summed E-state index contributed by atoms with van der Waals surface area (Å²) in [7, 11) is 0. The Morgan fingerprint density at radius 1 is 0.742 bits per heavy atom. The Morgan fingerprint density at radius 2 is 0.968 bits per heavy atom. The van der Waals surface area contributed by atoms with E-state index in [0.717, 1.165) is 12.8 Å². The predicted molar refractivity (Wildman–Crippen MR) is 131 cm³/mol. The van der Waals surface area contributed by atoms with Crippen LogP contribution in [0.1, 0.15) is 80.1 Å². The molecule has 0 spiro atoms. The van der Waals surface area contributed by atoms with Gasteiger partial charge in [-0.05, 0) is 52.4 Å². The second-order valence-corrected chi connectivity index (χ2v) is 7.09. The first-order chi connectivity index (χ1) is 13.1. The van der Waals surface area contributed by atoms with Crippen LogP contribution in [0.15, 0.2) is 48.0 Å². The van der Waals surface area contributed by atoms with Crippen molar-refractivity contribution in [2.75, 3.05) is 0 Å². The summed E-state index contributed by atoms with van der Waals surface area (Å²) in [6, 6.07) is 0. The monoisotopic (exact) mass is 524 g/mol. The molecule has 0 aliphatic heterocycles. The van der Waals surface area contributed by atoms with Crippen LogP contribution in [-0.4, -0.2) is 21.8 Å². The van der Waals surface area contributed by atoms with Crippen LogP contribution < -0.4 is 0 Å². The number of ketones is 2. The first-order valence-corrected chi connectivity index (χ1v) is 10.3. The molecule has 1 aliphatic rings. The molecule has 31 heavy (non-hydrogen) atoms. The number of rotatable bonds is 6. The quantitative estimate of drug-likeness (QED) is 0.123. The fraction of sp³-hybridized carbons (Fsp3) is 0.538. The second-order valence-electron chi connectivity index (χ2n) is 7.09. The van der Waals surface area contributed by atoms with E-state index >= 15 is 0 Å². The Balaban J connectivity index is -0.000000104. The molecule has 0 radical (unpaired) electrons. The van der Waals surface area contributed by atoms with Crippen LogP contribution in [0.25, 0.3) is 0 Å². The van der Waals surface area contributed by atoms with Crippen molar-refractivity contribution in [3.63, 3.8) is 0 Å². The van der Waals surface area contributed by atoms with Gasteiger partial charge in [-0.1, -0.05) is 52.0 Å². The topological polar surface area (TPSA) is 74.6 Å². The zero-order valence-corrected chi connectivity index (χ0v) is 22.7. The number of hydrogen-bond donors (Lipinski definition) is 2. The number of aliphatic hydroxyl groups excluding tert-OH is 2. The molecule has 2 N–H and O–H groups in total. The molecule has 0 heterocycles. The maximum absolute atomic E-state index is 10.9. The van der Waals surface area contributed by atoms with Crippen molar-refractivity contribution >= 4 is 11.6 Å². The average Bonchev–Trinajstić information content (AvgIpc) is 2.59. The van der Waals surface area contributed by atoms with Crippen molar-refractivity contribution < 1.29 is 39.3 Å². The minimum Gasteiger partial charge on any atom is -0.512 e. The fourth-order valence-corrected chi connectivity index (χ4v) is 1.95. The molecule has 0 saturated heterocycles. The second kappa shape index (κ2) is 26.6. The Labute approximate surface area is 205 Å². The van der Waals surface area contributed by atoms with E-state index in [-0.39, 0.29) is 69.3 Å². The maximum Gasteiger partial charge on any atom is 2.00 e. The smallest absolute Gasteiger partial charge is 0.512 e. The molecule has 1 rings (SSSR count). The minimum absolute atomic E-state index is 0. The molecule has 4 nitrogen and oxygen atoms in total. The molecular formula is C26H46O4Ru. The number of hydrogen-bond acceptors (Lipinski definition) is 4. The Hall–Kier alpha value is -1.48. The summed E-state index contributed by atoms with van der Waals surface area (Å²) in [6.45, 7) is 10.6. The predicted octanol–water partition coefficient (Wildman–Crippen LogP) is 7.70. The van der Waals surface area contributed by atoms with Gasteiger partial charge >= 0.3 is 19.5 Å². The SMILES string of the molecule is C1=CCC/C=C\CC1.CCC(C)C(=O)C=C(C)O.CCC(C)C(=O)C=C(C)O.[CH3-].[CH3-].[Ru+2]. The van der Waals surface area contributed by atoms with Crippen molar-refractivity contribution in [2.24, 2.45) is 11.8 Å². The van der Waals surface area contributed by atoms with E-state index in [2.05, 4.69) is 24.3 Å². The van der Waals surface area contributed by atoms with Gasteiger partial charge in [-0.25, -0.2) is 0 Å². The molecule has 0 aromatic rings. The molecule has 0 bridgehead atoms. The van der Waals surface area contributed by atoms with E-state index in [1.165, 1.54) is 51.7 Å². The van der Waals surface area contributed by atoms with Crippen LogP contribution in [-0.2, 0) is 29.1 Å². The van der Waals surface area contributed by atoms with Crippen molar-refractivity contribution in [3.05, 3.63) is 62.8 Å². The summed E-state index contributed by atoms with van der Waals surface area (Å²) in [4.78, 5) is 21.9. The molecule has 0 saturated carbocycles. The number of aliphatic hydroxyl groups is 2. The normalized spacial score (nSPS) is 15.8. The van der Waals surface area contributed by atoms with Gasteiger partial charge < -0.3 is 25.1 Å². The van der Waals surface area contributed by atoms with Gasteiger partial charge in [0.15, 0.2) is 11.6 Å². The van der Waals surface area contributed by atoms with Crippen LogP contribution in [0.3, 0.4) is 0 Å². The first-order valence-electron chi connectivity index (χ1n) is 10.3. The molecular weight excluding hydrogens is 477 g/mol. The van der Waals surface area contributed by atoms with Gasteiger partial charge in [0.2, 0.25) is 0 Å². The van der Waals surface area contributed by atoms with Gasteiger partial charge in [0.05, 0.1) is 11.5 Å². The van der Waals surface area contributed by atoms with Crippen molar-refractivity contribution in [2.45, 2.75) is 80.1 Å². The van der Waals surface area contributed by atoms with E-state index < -0.39 is 0 Å². The molecule has 0 fully saturated rings. The molecule has 2 atom stereocenters. The first kappa shape index (κ1) is 39.9. The van der Waals surface area contributed by atoms with Gasteiger partial charge in [0, 0.05) is 24.0 Å². The zero-order chi connectivity index (χ0) is 21.9. The molecule has 2 unspecified atom stereocenters. The molecule has 0 amide bonds. The maximum atomic E-state index is 10.9. The summed E-state index contributed by atoms with van der Waals surface area (Å²) in [5, 5.41) is 17.4. The summed E-state index contributed by atoms with van der Waals surface area (Å²) in [5.41, 5.74) is 0. The molecule has 0 aromatic carbocycles. The van der Waals surface area contributed by atoms with Gasteiger partial charge in [0.25, 0.3) is 0 Å². The van der Waals surface area contributed by atoms with E-state index in [0.29, 0.717) is 0 Å². The van der Waals surface area contributed by atoms with Crippen LogP contribution in [0.4, 0.5) is 0 Å². The molecule has 0 aromatic heterocycles. The Morgan fingerprint density at radius 3 is 1.13 bits per heavy atom. The molecule has 5 heteroatoms. The summed E-state index contributed by atoms with van der Waals surface area (Å²) < 4.78 is 0. The third-order valence-electron chi connectivity index (χ3n) is 4.23. The average molecular weight is 524 g/mol. The van der Waals surface area contributed by atoms with Crippen molar-refractivity contribution in [1.82, 2.24) is 0 Å². The molecule has 1 aliphatic carbocycles. The van der Waals surface area contributed by atoms with Crippen LogP contribution in [0, 0.1) is 26.7 Å². The van der Waals surface area contributed by atoms with Crippen molar-refractivity contribution in [1.29, 1.82) is 0 Å². The summed E-state index contributed by atoms with van der Waals surface area (Å²) in [6.07, 6.45) is 18.2. The Kier molecular flexibility index (Phi) is 34.2. The van der Waals surface area contributed by atoms with E-state index in [9.17, 15) is 9.59 Å². The van der Waals surface area contributed by atoms with Gasteiger partial charge in [-0.15, -0.1) is 0 Å². The van der Waals surface area contributed by atoms with Gasteiger partial charge in [-0.2, -0.15) is 0 Å². The number of allylic oxidation sites excluding steroid dienone is 8. The van der Waals surface area contributed by atoms with Crippen molar-refractivity contribution in [3.8, 4) is 0 Å². The number of carbonyl (C=O) groups excluding carboxylic acids is 2. The van der Waals surface area contributed by atoms with Crippen LogP contribution in [0.2, 0.25) is 0 Å². The largest absolute Gasteiger partial charge is 2.00 e. The summed E-state index contributed by atoms with van der Waals surface area (Å²) >= 11 is 0. The van der Waals surface area contributed by atoms with Crippen LogP contribution >= 0.6 is 0 Å². The third-order valence-corrected chi connectivity index (χ3v) is 4.23. The standard InChI is InChI=1S/2C8H14O2.C8H12.2CH3.Ru/c2*1-4-6(2)8(10)5-7(3)9;1-2-4-6-8-7-5-3-1;;;/h2*5-6,9H,4H2,1-3H3;1-2,7-8H,3-6H2;2*1H3;/q;;;2*-1;+2/b;;2-1-,8-7?;;;. The van der Waals surface area contributed by atoms with Gasteiger partial charge in [-0.3, -0.25) is 9.59 Å². The van der Waals surface area contributed by atoms with Gasteiger partial charge in [0.1, 0.15) is 0 Å². The Bertz CT molecular complexity index is 490. The van der Waals surface area contributed by atoms with Crippen LogP contribution in [0.5, 0.6) is 0 Å². The van der Waals surface area contributed by atoms with E-state index in [1.54, 1.807) is 0 Å². The third kappa shape index (κ3) is 28.5. The van der Waals surface area contributed by atoms with E-state index in [1.807, 2.05) is 27.7 Å². The fourth-order valence-electron chi connectivity index (χ4n) is 1.95. The molecule has 182 valence electrons.